The molecule has 3 heteroatoms. The first kappa shape index (κ1) is 17.3. The second kappa shape index (κ2) is 7.61. The Morgan fingerprint density at radius 2 is 1.85 bits per heavy atom. The van der Waals surface area contributed by atoms with E-state index in [2.05, 4.69) is 54.3 Å². The Bertz CT molecular complexity index is 779. The summed E-state index contributed by atoms with van der Waals surface area (Å²) in [4.78, 5) is 19.9. The summed E-state index contributed by atoms with van der Waals surface area (Å²) in [7, 11) is 0. The summed E-state index contributed by atoms with van der Waals surface area (Å²) in [5.41, 5.74) is 4.58. The first-order valence-electron chi connectivity index (χ1n) is 10.0. The van der Waals surface area contributed by atoms with Gasteiger partial charge >= 0.3 is 0 Å². The Balaban J connectivity index is 1.51. The van der Waals surface area contributed by atoms with Gasteiger partial charge in [-0.25, -0.2) is 0 Å². The van der Waals surface area contributed by atoms with Crippen molar-refractivity contribution in [2.75, 3.05) is 13.1 Å². The third-order valence-corrected chi connectivity index (χ3v) is 5.94. The fraction of sp³-hybridized carbons (Fsp3) is 0.478. The highest BCUT2D eigenvalue weighted by atomic mass is 16.2. The zero-order chi connectivity index (χ0) is 17.9. The number of hydrogen-bond acceptors (Lipinski definition) is 2. The second-order valence-corrected chi connectivity index (χ2v) is 7.92. The molecule has 26 heavy (non-hydrogen) atoms. The molecule has 2 aliphatic rings. The van der Waals surface area contributed by atoms with Crippen molar-refractivity contribution in [3.63, 3.8) is 0 Å². The summed E-state index contributed by atoms with van der Waals surface area (Å²) in [6, 6.07) is 14.8. The minimum atomic E-state index is 0.278. The molecular weight excluding hydrogens is 320 g/mol. The lowest BCUT2D eigenvalue weighted by atomic mass is 9.92. The number of amides is 1. The average Bonchev–Trinajstić information content (AvgIpc) is 3.22. The minimum Gasteiger partial charge on any atom is -0.342 e. The average molecular weight is 348 g/mol. The Morgan fingerprint density at radius 3 is 2.65 bits per heavy atom. The number of aromatic nitrogens is 1. The third-order valence-electron chi connectivity index (χ3n) is 5.94. The van der Waals surface area contributed by atoms with Crippen molar-refractivity contribution in [2.24, 2.45) is 5.92 Å². The van der Waals surface area contributed by atoms with Gasteiger partial charge in [0.1, 0.15) is 0 Å². The topological polar surface area (TPSA) is 33.2 Å². The van der Waals surface area contributed by atoms with Gasteiger partial charge in [0.2, 0.25) is 5.91 Å². The highest BCUT2D eigenvalue weighted by molar-refractivity contribution is 5.79. The van der Waals surface area contributed by atoms with Crippen molar-refractivity contribution in [1.82, 2.24) is 9.88 Å². The fourth-order valence-corrected chi connectivity index (χ4v) is 4.49. The summed E-state index contributed by atoms with van der Waals surface area (Å²) in [6.07, 6.45) is 6.81. The smallest absolute Gasteiger partial charge is 0.225 e. The molecule has 1 saturated heterocycles. The van der Waals surface area contributed by atoms with Crippen LogP contribution in [0.4, 0.5) is 0 Å². The van der Waals surface area contributed by atoms with Crippen molar-refractivity contribution in [3.05, 3.63) is 53.7 Å². The van der Waals surface area contributed by atoms with Crippen LogP contribution in [0.5, 0.6) is 0 Å². The molecule has 1 atom stereocenters. The van der Waals surface area contributed by atoms with Crippen molar-refractivity contribution in [3.8, 4) is 11.3 Å². The number of aryl methyl sites for hydroxylation is 1. The molecule has 3 nitrogen and oxygen atoms in total. The second-order valence-electron chi connectivity index (χ2n) is 7.92. The van der Waals surface area contributed by atoms with Gasteiger partial charge in [-0.2, -0.15) is 0 Å². The molecule has 0 bridgehead atoms. The lowest BCUT2D eigenvalue weighted by Gasteiger charge is -2.34. The van der Waals surface area contributed by atoms with Gasteiger partial charge < -0.3 is 4.90 Å². The molecule has 1 amide bonds. The van der Waals surface area contributed by atoms with Crippen molar-refractivity contribution in [1.29, 1.82) is 0 Å². The van der Waals surface area contributed by atoms with Gasteiger partial charge in [-0.15, -0.1) is 0 Å². The number of carbonyl (C=O) groups excluding carboxylic acids is 1. The summed E-state index contributed by atoms with van der Waals surface area (Å²) in [5, 5.41) is 0. The molecule has 1 unspecified atom stereocenters. The molecule has 2 aromatic rings. The molecule has 136 valence electrons. The van der Waals surface area contributed by atoms with Crippen LogP contribution >= 0.6 is 0 Å². The van der Waals surface area contributed by atoms with E-state index in [1.807, 2.05) is 0 Å². The number of likely N-dealkylation sites (tertiary alicyclic amines) is 1. The van der Waals surface area contributed by atoms with E-state index in [1.54, 1.807) is 0 Å². The Hall–Kier alpha value is -2.16. The zero-order valence-corrected chi connectivity index (χ0v) is 15.7. The molecule has 0 spiro atoms. The van der Waals surface area contributed by atoms with Crippen molar-refractivity contribution < 1.29 is 4.79 Å². The maximum atomic E-state index is 12.8. The van der Waals surface area contributed by atoms with Crippen molar-refractivity contribution in [2.45, 2.75) is 51.4 Å². The van der Waals surface area contributed by atoms with Crippen LogP contribution < -0.4 is 0 Å². The lowest BCUT2D eigenvalue weighted by molar-refractivity contribution is -0.136. The van der Waals surface area contributed by atoms with Gasteiger partial charge in [-0.1, -0.05) is 42.7 Å². The Morgan fingerprint density at radius 1 is 1.04 bits per heavy atom. The molecule has 1 aromatic carbocycles. The van der Waals surface area contributed by atoms with Crippen LogP contribution in [0, 0.1) is 12.8 Å². The molecule has 0 radical (unpaired) electrons. The highest BCUT2D eigenvalue weighted by Crippen LogP contribution is 2.31. The van der Waals surface area contributed by atoms with E-state index >= 15 is 0 Å². The molecule has 0 N–H and O–H groups in total. The van der Waals surface area contributed by atoms with Crippen LogP contribution in [-0.2, 0) is 4.79 Å². The molecule has 1 saturated carbocycles. The molecule has 2 heterocycles. The molecular formula is C23H28N2O. The summed E-state index contributed by atoms with van der Waals surface area (Å²) in [5.74, 6) is 1.03. The SMILES string of the molecule is Cc1cccc(-c2cccc(C3CCCN(C(=O)C4CCCC4)C3)n2)c1. The highest BCUT2D eigenvalue weighted by Gasteiger charge is 2.31. The quantitative estimate of drug-likeness (QED) is 0.786. The maximum absolute atomic E-state index is 12.8. The zero-order valence-electron chi connectivity index (χ0n) is 15.7. The summed E-state index contributed by atoms with van der Waals surface area (Å²) < 4.78 is 0. The van der Waals surface area contributed by atoms with Gasteiger partial charge in [0.15, 0.2) is 0 Å². The number of hydrogen-bond donors (Lipinski definition) is 0. The van der Waals surface area contributed by atoms with E-state index in [0.29, 0.717) is 11.8 Å². The van der Waals surface area contributed by atoms with E-state index in [4.69, 9.17) is 4.98 Å². The van der Waals surface area contributed by atoms with Crippen molar-refractivity contribution >= 4 is 5.91 Å². The standard InChI is InChI=1S/C23H28N2O/c1-17-7-4-10-19(15-17)21-12-5-13-22(24-21)20-11-6-14-25(16-20)23(26)18-8-2-3-9-18/h4-5,7,10,12-13,15,18,20H,2-3,6,8-9,11,14,16H2,1H3. The Kier molecular flexibility index (Phi) is 5.05. The Labute approximate surface area is 156 Å². The third kappa shape index (κ3) is 3.67. The van der Waals surface area contributed by atoms with Gasteiger partial charge in [0, 0.05) is 36.2 Å². The molecule has 4 rings (SSSR count). The van der Waals surface area contributed by atoms with Gasteiger partial charge in [0.05, 0.1) is 5.69 Å². The molecule has 1 aliphatic heterocycles. The lowest BCUT2D eigenvalue weighted by Crippen LogP contribution is -2.42. The number of piperidine rings is 1. The van der Waals surface area contributed by atoms with Crippen LogP contribution in [-0.4, -0.2) is 28.9 Å². The van der Waals surface area contributed by atoms with Crippen LogP contribution in [0.3, 0.4) is 0 Å². The van der Waals surface area contributed by atoms with Crippen LogP contribution in [0.15, 0.2) is 42.5 Å². The predicted molar refractivity (Wildman–Crippen MR) is 105 cm³/mol. The molecule has 1 aromatic heterocycles. The molecule has 2 fully saturated rings. The maximum Gasteiger partial charge on any atom is 0.225 e. The normalized spacial score (nSPS) is 21.1. The van der Waals surface area contributed by atoms with E-state index in [1.165, 1.54) is 24.0 Å². The van der Waals surface area contributed by atoms with E-state index in [-0.39, 0.29) is 5.92 Å². The van der Waals surface area contributed by atoms with E-state index in [0.717, 1.165) is 50.2 Å². The first-order chi connectivity index (χ1) is 12.7. The van der Waals surface area contributed by atoms with Crippen LogP contribution in [0.2, 0.25) is 0 Å². The first-order valence-corrected chi connectivity index (χ1v) is 10.0. The van der Waals surface area contributed by atoms with E-state index < -0.39 is 0 Å². The largest absolute Gasteiger partial charge is 0.342 e. The van der Waals surface area contributed by atoms with Crippen LogP contribution in [0.25, 0.3) is 11.3 Å². The van der Waals surface area contributed by atoms with Gasteiger partial charge in [-0.3, -0.25) is 9.78 Å². The number of nitrogens with zero attached hydrogens (tertiary/aromatic N) is 2. The monoisotopic (exact) mass is 348 g/mol. The number of carbonyl (C=O) groups is 1. The van der Waals surface area contributed by atoms with Gasteiger partial charge in [-0.05, 0) is 50.8 Å². The number of benzene rings is 1. The van der Waals surface area contributed by atoms with E-state index in [9.17, 15) is 4.79 Å². The van der Waals surface area contributed by atoms with Gasteiger partial charge in [0.25, 0.3) is 0 Å². The van der Waals surface area contributed by atoms with Crippen LogP contribution in [0.1, 0.15) is 55.7 Å². The number of rotatable bonds is 3. The minimum absolute atomic E-state index is 0.278. The fourth-order valence-electron chi connectivity index (χ4n) is 4.49. The molecule has 1 aliphatic carbocycles. The predicted octanol–water partition coefficient (Wildman–Crippen LogP) is 4.95. The summed E-state index contributed by atoms with van der Waals surface area (Å²) >= 11 is 0. The summed E-state index contributed by atoms with van der Waals surface area (Å²) in [6.45, 7) is 3.87. The number of pyridine rings is 1.